The van der Waals surface area contributed by atoms with Gasteiger partial charge in [-0.3, -0.25) is 4.79 Å². The van der Waals surface area contributed by atoms with Gasteiger partial charge < -0.3 is 55.8 Å². The number of hydrogen-bond donors (Lipinski definition) is 8. The Morgan fingerprint density at radius 1 is 1.04 bits per heavy atom. The van der Waals surface area contributed by atoms with Gasteiger partial charge in [0, 0.05) is 0 Å². The van der Waals surface area contributed by atoms with Gasteiger partial charge in [0.15, 0.2) is 12.1 Å². The smallest absolute Gasteiger partial charge is 0.189 e. The molecule has 0 spiro atoms. The van der Waals surface area contributed by atoms with Gasteiger partial charge in [0.1, 0.15) is 49.3 Å². The van der Waals surface area contributed by atoms with E-state index in [2.05, 4.69) is 0 Å². The van der Waals surface area contributed by atoms with Crippen molar-refractivity contribution in [2.75, 3.05) is 19.8 Å². The Morgan fingerprint density at radius 2 is 1.62 bits per heavy atom. The molecule has 0 aromatic heterocycles. The van der Waals surface area contributed by atoms with E-state index in [9.17, 15) is 30.3 Å². The van der Waals surface area contributed by atoms with Crippen LogP contribution in [-0.4, -0.2) is 121 Å². The summed E-state index contributed by atoms with van der Waals surface area (Å²) in [4.78, 5) is 11.3. The highest BCUT2D eigenvalue weighted by Crippen LogP contribution is 2.24. The summed E-state index contributed by atoms with van der Waals surface area (Å²) in [6.45, 7) is -2.71. The highest BCUT2D eigenvalue weighted by Gasteiger charge is 2.46. The van der Waals surface area contributed by atoms with E-state index in [4.69, 9.17) is 24.8 Å². The highest BCUT2D eigenvalue weighted by molar-refractivity contribution is 5.84. The summed E-state index contributed by atoms with van der Waals surface area (Å²) in [6, 6.07) is 0. The Kier molecular flexibility index (Phi) is 9.94. The molecule has 0 bridgehead atoms. The molecule has 0 radical (unpaired) electrons. The van der Waals surface area contributed by atoms with E-state index in [1.807, 2.05) is 0 Å². The summed E-state index contributed by atoms with van der Waals surface area (Å²) >= 11 is 0. The number of aliphatic hydroxyl groups is 8. The molecule has 12 heteroatoms. The number of Topliss-reactive ketones (excluding diaryl/α,β-unsaturated/α-hetero) is 1. The topological polar surface area (TPSA) is 229 Å². The molecular formula is C12H24O12. The van der Waals surface area contributed by atoms with Crippen LogP contribution in [0.3, 0.4) is 0 Å². The molecule has 0 aromatic rings. The first-order chi connectivity index (χ1) is 10.8. The molecule has 144 valence electrons. The molecule has 0 saturated carbocycles. The van der Waals surface area contributed by atoms with Crippen molar-refractivity contribution in [1.82, 2.24) is 0 Å². The zero-order valence-electron chi connectivity index (χ0n) is 12.5. The van der Waals surface area contributed by atoms with E-state index >= 15 is 0 Å². The summed E-state index contributed by atoms with van der Waals surface area (Å²) in [5.41, 5.74) is 0. The van der Waals surface area contributed by atoms with Crippen LogP contribution >= 0.6 is 0 Å². The van der Waals surface area contributed by atoms with E-state index in [1.54, 1.807) is 0 Å². The third kappa shape index (κ3) is 5.11. The van der Waals surface area contributed by atoms with Crippen LogP contribution in [-0.2, 0) is 14.3 Å². The molecule has 0 unspecified atom stereocenters. The van der Waals surface area contributed by atoms with Crippen molar-refractivity contribution in [1.29, 1.82) is 0 Å². The zero-order chi connectivity index (χ0) is 17.7. The fraction of sp³-hybridized carbons (Fsp3) is 0.917. The maximum Gasteiger partial charge on any atom is 0.189 e. The predicted molar refractivity (Wildman–Crippen MR) is 73.4 cm³/mol. The standard InChI is InChI=1S/C12H22O11.H2O/c13-1-4(16)7(18)11(5(17)2-14)23-12-10(21)9(20)8(19)6(3-15)22-12;/h5-15,17-21H,1-3H2;1H2/t5-,6-,7-,8-,9+,10-,11-,12-;/m1./s1. The van der Waals surface area contributed by atoms with E-state index in [0.29, 0.717) is 0 Å². The van der Waals surface area contributed by atoms with Gasteiger partial charge in [-0.15, -0.1) is 0 Å². The first-order valence-electron chi connectivity index (χ1n) is 6.85. The van der Waals surface area contributed by atoms with Crippen molar-refractivity contribution in [3.8, 4) is 0 Å². The van der Waals surface area contributed by atoms with Crippen LogP contribution in [0.5, 0.6) is 0 Å². The van der Waals surface area contributed by atoms with Gasteiger partial charge in [-0.05, 0) is 0 Å². The van der Waals surface area contributed by atoms with Crippen LogP contribution in [0.2, 0.25) is 0 Å². The minimum absolute atomic E-state index is 0. The second-order valence-corrected chi connectivity index (χ2v) is 5.12. The van der Waals surface area contributed by atoms with Crippen LogP contribution in [0.4, 0.5) is 0 Å². The van der Waals surface area contributed by atoms with Gasteiger partial charge >= 0.3 is 0 Å². The molecular weight excluding hydrogens is 336 g/mol. The lowest BCUT2D eigenvalue weighted by Crippen LogP contribution is -2.61. The quantitative estimate of drug-likeness (QED) is 0.203. The van der Waals surface area contributed by atoms with Crippen molar-refractivity contribution in [3.05, 3.63) is 0 Å². The number of carbonyl (C=O) groups excluding carboxylic acids is 1. The Morgan fingerprint density at radius 3 is 2.08 bits per heavy atom. The fourth-order valence-corrected chi connectivity index (χ4v) is 2.09. The molecule has 0 aliphatic carbocycles. The second-order valence-electron chi connectivity index (χ2n) is 5.12. The molecule has 8 atom stereocenters. The predicted octanol–water partition coefficient (Wildman–Crippen LogP) is -6.38. The monoisotopic (exact) mass is 360 g/mol. The summed E-state index contributed by atoms with van der Waals surface area (Å²) in [6.07, 6.45) is -13.8. The van der Waals surface area contributed by atoms with E-state index in [1.165, 1.54) is 0 Å². The number of hydrogen-bond acceptors (Lipinski definition) is 11. The molecule has 1 saturated heterocycles. The summed E-state index contributed by atoms with van der Waals surface area (Å²) in [5.74, 6) is -1.12. The second kappa shape index (κ2) is 10.3. The molecule has 1 heterocycles. The minimum Gasteiger partial charge on any atom is -0.412 e. The van der Waals surface area contributed by atoms with Gasteiger partial charge in [0.2, 0.25) is 0 Å². The Hall–Kier alpha value is -0.770. The third-order valence-electron chi connectivity index (χ3n) is 3.50. The molecule has 0 aromatic carbocycles. The van der Waals surface area contributed by atoms with Crippen LogP contribution in [0.15, 0.2) is 0 Å². The van der Waals surface area contributed by atoms with E-state index in [-0.39, 0.29) is 5.48 Å². The van der Waals surface area contributed by atoms with Gasteiger partial charge in [-0.2, -0.15) is 0 Å². The van der Waals surface area contributed by atoms with Gasteiger partial charge in [0.25, 0.3) is 0 Å². The number of aliphatic hydroxyl groups excluding tert-OH is 8. The summed E-state index contributed by atoms with van der Waals surface area (Å²) in [5, 5.41) is 75.1. The average Bonchev–Trinajstić information content (AvgIpc) is 2.57. The van der Waals surface area contributed by atoms with Crippen molar-refractivity contribution >= 4 is 5.78 Å². The molecule has 10 N–H and O–H groups in total. The van der Waals surface area contributed by atoms with Crippen LogP contribution < -0.4 is 0 Å². The highest BCUT2D eigenvalue weighted by atomic mass is 16.7. The molecule has 1 aliphatic heterocycles. The minimum atomic E-state index is -2.05. The Balaban J connectivity index is 0.00000529. The lowest BCUT2D eigenvalue weighted by molar-refractivity contribution is -0.323. The van der Waals surface area contributed by atoms with Crippen molar-refractivity contribution in [2.24, 2.45) is 0 Å². The average molecular weight is 360 g/mol. The van der Waals surface area contributed by atoms with Crippen molar-refractivity contribution in [2.45, 2.75) is 49.0 Å². The first-order valence-corrected chi connectivity index (χ1v) is 6.85. The lowest BCUT2D eigenvalue weighted by Gasteiger charge is -2.41. The number of ether oxygens (including phenoxy) is 2. The maximum atomic E-state index is 11.3. The van der Waals surface area contributed by atoms with Crippen molar-refractivity contribution in [3.63, 3.8) is 0 Å². The molecule has 12 nitrogen and oxygen atoms in total. The van der Waals surface area contributed by atoms with E-state index in [0.717, 1.165) is 0 Å². The largest absolute Gasteiger partial charge is 0.412 e. The van der Waals surface area contributed by atoms with Gasteiger partial charge in [0.05, 0.1) is 13.2 Å². The molecule has 1 rings (SSSR count). The fourth-order valence-electron chi connectivity index (χ4n) is 2.09. The zero-order valence-corrected chi connectivity index (χ0v) is 12.5. The summed E-state index contributed by atoms with van der Waals surface area (Å²) in [7, 11) is 0. The number of ketones is 1. The SMILES string of the molecule is O.O=C(CO)[C@@H](O)[C@H](O[C@H]1O[C@H](CO)[C@@H](O)[C@H](O)[C@H]1O)[C@H](O)CO. The lowest BCUT2D eigenvalue weighted by atomic mass is 9.98. The molecule has 24 heavy (non-hydrogen) atoms. The number of rotatable bonds is 8. The molecule has 1 fully saturated rings. The summed E-state index contributed by atoms with van der Waals surface area (Å²) < 4.78 is 10.1. The van der Waals surface area contributed by atoms with Crippen molar-refractivity contribution < 1.29 is 60.6 Å². The van der Waals surface area contributed by atoms with Gasteiger partial charge in [-0.1, -0.05) is 0 Å². The normalized spacial score (nSPS) is 34.1. The number of carbonyl (C=O) groups is 1. The third-order valence-corrected chi connectivity index (χ3v) is 3.50. The first kappa shape index (κ1) is 23.2. The van der Waals surface area contributed by atoms with Crippen LogP contribution in [0.1, 0.15) is 0 Å². The van der Waals surface area contributed by atoms with Crippen LogP contribution in [0, 0.1) is 0 Å². The Labute approximate surface area is 136 Å². The van der Waals surface area contributed by atoms with Gasteiger partial charge in [-0.25, -0.2) is 0 Å². The maximum absolute atomic E-state index is 11.3. The Bertz CT molecular complexity index is 377. The van der Waals surface area contributed by atoms with Crippen LogP contribution in [0.25, 0.3) is 0 Å². The van der Waals surface area contributed by atoms with E-state index < -0.39 is 74.6 Å². The molecule has 1 aliphatic rings. The molecule has 0 amide bonds.